The molecule has 0 saturated carbocycles. The van der Waals surface area contributed by atoms with E-state index in [1.165, 1.54) is 15.8 Å². The molecule has 0 fully saturated rings. The number of carbonyl (C=O) groups excluding carboxylic acids is 1. The Labute approximate surface area is 151 Å². The first-order chi connectivity index (χ1) is 12.7. The van der Waals surface area contributed by atoms with E-state index in [4.69, 9.17) is 0 Å². The van der Waals surface area contributed by atoms with Crippen LogP contribution in [0.4, 0.5) is 0 Å². The van der Waals surface area contributed by atoms with Crippen LogP contribution in [-0.4, -0.2) is 15.7 Å². The summed E-state index contributed by atoms with van der Waals surface area (Å²) in [5, 5.41) is 8.60. The van der Waals surface area contributed by atoms with E-state index in [0.29, 0.717) is 23.0 Å². The fourth-order valence-electron chi connectivity index (χ4n) is 3.75. The molecule has 132 valence electrons. The molecule has 1 aliphatic carbocycles. The average molecular weight is 347 g/mol. The summed E-state index contributed by atoms with van der Waals surface area (Å²) in [5.41, 5.74) is 2.62. The minimum atomic E-state index is -0.231. The number of fused-ring (bicyclic) bond motifs is 2. The number of carbonyl (C=O) groups is 1. The summed E-state index contributed by atoms with van der Waals surface area (Å²) >= 11 is 0. The van der Waals surface area contributed by atoms with Gasteiger partial charge >= 0.3 is 0 Å². The number of nitrogens with zero attached hydrogens (tertiary/aromatic N) is 2. The fourth-order valence-corrected chi connectivity index (χ4v) is 3.75. The van der Waals surface area contributed by atoms with E-state index < -0.39 is 0 Å². The lowest BCUT2D eigenvalue weighted by molar-refractivity contribution is 0.0927. The molecule has 2 aromatic carbocycles. The average Bonchev–Trinajstić information content (AvgIpc) is 2.69. The Balaban J connectivity index is 1.74. The van der Waals surface area contributed by atoms with Crippen molar-refractivity contribution in [1.82, 2.24) is 15.1 Å². The van der Waals surface area contributed by atoms with Crippen molar-refractivity contribution in [2.45, 2.75) is 38.8 Å². The highest BCUT2D eigenvalue weighted by Gasteiger charge is 2.24. The summed E-state index contributed by atoms with van der Waals surface area (Å²) in [5.74, 6) is -0.231. The molecule has 1 heterocycles. The first kappa shape index (κ1) is 16.5. The van der Waals surface area contributed by atoms with E-state index >= 15 is 0 Å². The van der Waals surface area contributed by atoms with Gasteiger partial charge in [0.1, 0.15) is 0 Å². The molecule has 1 atom stereocenters. The van der Waals surface area contributed by atoms with Crippen molar-refractivity contribution in [1.29, 1.82) is 0 Å². The zero-order chi connectivity index (χ0) is 18.1. The Hall–Kier alpha value is -2.95. The number of aromatic nitrogens is 2. The molecule has 1 aliphatic rings. The fraction of sp³-hybridized carbons (Fsp3) is 0.286. The van der Waals surface area contributed by atoms with Gasteiger partial charge in [-0.2, -0.15) is 5.10 Å². The Kier molecular flexibility index (Phi) is 4.29. The standard InChI is InChI=1S/C21H21N3O2/c1-2-24-21(26)17-12-6-5-11-16(17)19(23-24)20(25)22-18-13-7-9-14-8-3-4-10-15(14)18/h3-6,8,10-12,18H,2,7,9,13H2,1H3,(H,22,25). The third kappa shape index (κ3) is 2.79. The molecule has 0 radical (unpaired) electrons. The van der Waals surface area contributed by atoms with Crippen molar-refractivity contribution >= 4 is 16.7 Å². The van der Waals surface area contributed by atoms with Crippen LogP contribution in [0, 0.1) is 0 Å². The maximum Gasteiger partial charge on any atom is 0.274 e. The molecule has 0 aliphatic heterocycles. The number of hydrogen-bond donors (Lipinski definition) is 1. The van der Waals surface area contributed by atoms with Gasteiger partial charge in [0.2, 0.25) is 0 Å². The predicted octanol–water partition coefficient (Wildman–Crippen LogP) is 3.22. The van der Waals surface area contributed by atoms with Gasteiger partial charge in [0.25, 0.3) is 11.5 Å². The molecule has 0 saturated heterocycles. The molecule has 5 heteroatoms. The zero-order valence-corrected chi connectivity index (χ0v) is 14.7. The maximum atomic E-state index is 13.0. The summed E-state index contributed by atoms with van der Waals surface area (Å²) in [7, 11) is 0. The van der Waals surface area contributed by atoms with Crippen LogP contribution in [0.3, 0.4) is 0 Å². The smallest absolute Gasteiger partial charge is 0.274 e. The maximum absolute atomic E-state index is 13.0. The second kappa shape index (κ2) is 6.75. The summed E-state index contributed by atoms with van der Waals surface area (Å²) in [6.07, 6.45) is 3.00. The minimum absolute atomic E-state index is 0.0185. The monoisotopic (exact) mass is 347 g/mol. The third-order valence-corrected chi connectivity index (χ3v) is 5.06. The van der Waals surface area contributed by atoms with Crippen molar-refractivity contribution in [3.05, 3.63) is 75.7 Å². The summed E-state index contributed by atoms with van der Waals surface area (Å²) < 4.78 is 1.35. The number of benzene rings is 2. The van der Waals surface area contributed by atoms with Crippen LogP contribution in [0.1, 0.15) is 47.4 Å². The Bertz CT molecular complexity index is 1040. The van der Waals surface area contributed by atoms with Crippen LogP contribution >= 0.6 is 0 Å². The van der Waals surface area contributed by atoms with Crippen molar-refractivity contribution in [3.63, 3.8) is 0 Å². The number of amides is 1. The highest BCUT2D eigenvalue weighted by Crippen LogP contribution is 2.29. The van der Waals surface area contributed by atoms with Gasteiger partial charge in [-0.25, -0.2) is 4.68 Å². The normalized spacial score (nSPS) is 16.3. The van der Waals surface area contributed by atoms with Crippen molar-refractivity contribution in [2.75, 3.05) is 0 Å². The van der Waals surface area contributed by atoms with Crippen LogP contribution in [0.2, 0.25) is 0 Å². The highest BCUT2D eigenvalue weighted by atomic mass is 16.2. The van der Waals surface area contributed by atoms with E-state index in [0.717, 1.165) is 19.3 Å². The van der Waals surface area contributed by atoms with Crippen LogP contribution < -0.4 is 10.9 Å². The van der Waals surface area contributed by atoms with Gasteiger partial charge in [0, 0.05) is 11.9 Å². The van der Waals surface area contributed by atoms with Crippen molar-refractivity contribution in [3.8, 4) is 0 Å². The van der Waals surface area contributed by atoms with Gasteiger partial charge in [-0.05, 0) is 43.4 Å². The summed E-state index contributed by atoms with van der Waals surface area (Å²) in [4.78, 5) is 25.5. The molecule has 26 heavy (non-hydrogen) atoms. The molecule has 1 amide bonds. The molecule has 5 nitrogen and oxygen atoms in total. The summed E-state index contributed by atoms with van der Waals surface area (Å²) in [6.45, 7) is 2.28. The van der Waals surface area contributed by atoms with Crippen LogP contribution in [-0.2, 0) is 13.0 Å². The molecule has 1 unspecified atom stereocenters. The molecule has 0 bridgehead atoms. The van der Waals surface area contributed by atoms with E-state index in [2.05, 4.69) is 22.5 Å². The molecule has 3 aromatic rings. The molecular weight excluding hydrogens is 326 g/mol. The number of rotatable bonds is 3. The molecule has 1 aromatic heterocycles. The van der Waals surface area contributed by atoms with E-state index in [-0.39, 0.29) is 17.5 Å². The third-order valence-electron chi connectivity index (χ3n) is 5.06. The van der Waals surface area contributed by atoms with Crippen LogP contribution in [0.25, 0.3) is 10.8 Å². The van der Waals surface area contributed by atoms with Gasteiger partial charge < -0.3 is 5.32 Å². The van der Waals surface area contributed by atoms with E-state index in [9.17, 15) is 9.59 Å². The van der Waals surface area contributed by atoms with E-state index in [1.807, 2.05) is 31.2 Å². The van der Waals surface area contributed by atoms with Gasteiger partial charge in [-0.3, -0.25) is 9.59 Å². The highest BCUT2D eigenvalue weighted by molar-refractivity contribution is 6.04. The molecule has 0 spiro atoms. The lowest BCUT2D eigenvalue weighted by atomic mass is 9.87. The quantitative estimate of drug-likeness (QED) is 0.791. The minimum Gasteiger partial charge on any atom is -0.344 e. The van der Waals surface area contributed by atoms with Gasteiger partial charge in [0.05, 0.1) is 11.4 Å². The number of aryl methyl sites for hydroxylation is 2. The van der Waals surface area contributed by atoms with Gasteiger partial charge in [0.15, 0.2) is 5.69 Å². The lowest BCUT2D eigenvalue weighted by Gasteiger charge is -2.26. The van der Waals surface area contributed by atoms with Gasteiger partial charge in [-0.1, -0.05) is 42.5 Å². The first-order valence-electron chi connectivity index (χ1n) is 9.07. The second-order valence-electron chi connectivity index (χ2n) is 6.63. The number of hydrogen-bond acceptors (Lipinski definition) is 3. The Morgan fingerprint density at radius 1 is 1.15 bits per heavy atom. The van der Waals surface area contributed by atoms with Crippen molar-refractivity contribution < 1.29 is 4.79 Å². The zero-order valence-electron chi connectivity index (χ0n) is 14.7. The lowest BCUT2D eigenvalue weighted by Crippen LogP contribution is -2.34. The molecular formula is C21H21N3O2. The predicted molar refractivity (Wildman–Crippen MR) is 101 cm³/mol. The van der Waals surface area contributed by atoms with E-state index in [1.54, 1.807) is 12.1 Å². The molecule has 1 N–H and O–H groups in total. The SMILES string of the molecule is CCn1nc(C(=O)NC2CCCc3ccccc32)c2ccccc2c1=O. The van der Waals surface area contributed by atoms with Crippen LogP contribution in [0.15, 0.2) is 53.3 Å². The summed E-state index contributed by atoms with van der Waals surface area (Å²) in [6, 6.07) is 15.4. The Morgan fingerprint density at radius 2 is 1.88 bits per heavy atom. The topological polar surface area (TPSA) is 64.0 Å². The van der Waals surface area contributed by atoms with Crippen molar-refractivity contribution in [2.24, 2.45) is 0 Å². The second-order valence-corrected chi connectivity index (χ2v) is 6.63. The Morgan fingerprint density at radius 3 is 2.69 bits per heavy atom. The molecule has 4 rings (SSSR count). The van der Waals surface area contributed by atoms with Crippen LogP contribution in [0.5, 0.6) is 0 Å². The number of nitrogens with one attached hydrogen (secondary N) is 1. The van der Waals surface area contributed by atoms with Gasteiger partial charge in [-0.15, -0.1) is 0 Å². The first-order valence-corrected chi connectivity index (χ1v) is 9.07. The largest absolute Gasteiger partial charge is 0.344 e.